The van der Waals surface area contributed by atoms with Crippen LogP contribution in [0.1, 0.15) is 24.0 Å². The van der Waals surface area contributed by atoms with Crippen LogP contribution in [0.4, 0.5) is 10.5 Å². The van der Waals surface area contributed by atoms with Gasteiger partial charge in [-0.3, -0.25) is 4.68 Å². The van der Waals surface area contributed by atoms with E-state index in [4.69, 9.17) is 0 Å². The van der Waals surface area contributed by atoms with Crippen LogP contribution in [0.2, 0.25) is 0 Å². The first-order chi connectivity index (χ1) is 13.6. The highest BCUT2D eigenvalue weighted by Crippen LogP contribution is 2.46. The van der Waals surface area contributed by atoms with Crippen molar-refractivity contribution < 1.29 is 9.90 Å². The number of aliphatic hydroxyl groups is 1. The first kappa shape index (κ1) is 17.3. The molecule has 1 saturated heterocycles. The van der Waals surface area contributed by atoms with Gasteiger partial charge in [-0.15, -0.1) is 0 Å². The highest BCUT2D eigenvalue weighted by atomic mass is 16.3. The molecule has 1 atom stereocenters. The summed E-state index contributed by atoms with van der Waals surface area (Å²) < 4.78 is 1.82. The maximum Gasteiger partial charge on any atom is 0.321 e. The number of hydrogen-bond acceptors (Lipinski definition) is 3. The maximum absolute atomic E-state index is 12.8. The highest BCUT2D eigenvalue weighted by Gasteiger charge is 2.48. The Morgan fingerprint density at radius 2 is 2.00 bits per heavy atom. The molecule has 0 radical (unpaired) electrons. The number of hydrogen-bond donors (Lipinski definition) is 2. The number of aryl methyl sites for hydroxylation is 1. The molecular weight excluding hydrogens is 352 g/mol. The fourth-order valence-electron chi connectivity index (χ4n) is 4.92. The Bertz CT molecular complexity index is 1050. The predicted octanol–water partition coefficient (Wildman–Crippen LogP) is 3.06. The van der Waals surface area contributed by atoms with E-state index in [-0.39, 0.29) is 17.6 Å². The summed E-state index contributed by atoms with van der Waals surface area (Å²) in [6.07, 6.45) is 3.74. The number of likely N-dealkylation sites (tertiary alicyclic amines) is 1. The van der Waals surface area contributed by atoms with Crippen molar-refractivity contribution in [3.8, 4) is 0 Å². The molecule has 0 saturated carbocycles. The van der Waals surface area contributed by atoms with Crippen LogP contribution in [0.15, 0.2) is 48.7 Å². The molecule has 2 aliphatic rings. The lowest BCUT2D eigenvalue weighted by molar-refractivity contribution is 0.0531. The van der Waals surface area contributed by atoms with Gasteiger partial charge in [0.25, 0.3) is 0 Å². The van der Waals surface area contributed by atoms with E-state index in [1.807, 2.05) is 47.0 Å². The van der Waals surface area contributed by atoms with Gasteiger partial charge in [-0.25, -0.2) is 4.79 Å². The smallest absolute Gasteiger partial charge is 0.321 e. The van der Waals surface area contributed by atoms with Gasteiger partial charge in [0.1, 0.15) is 0 Å². The Morgan fingerprint density at radius 3 is 2.82 bits per heavy atom. The minimum atomic E-state index is -0.358. The summed E-state index contributed by atoms with van der Waals surface area (Å²) in [5.41, 5.74) is 4.12. The molecule has 1 unspecified atom stereocenters. The van der Waals surface area contributed by atoms with E-state index in [2.05, 4.69) is 22.5 Å². The quantitative estimate of drug-likeness (QED) is 0.686. The third-order valence-electron chi connectivity index (χ3n) is 6.55. The molecule has 1 aliphatic heterocycles. The molecular formula is C22H24N4O2. The molecule has 5 rings (SSSR count). The van der Waals surface area contributed by atoms with Crippen LogP contribution in [0.25, 0.3) is 10.9 Å². The number of nitrogens with one attached hydrogen (secondary N) is 1. The zero-order chi connectivity index (χ0) is 19.3. The van der Waals surface area contributed by atoms with Gasteiger partial charge in [0.15, 0.2) is 0 Å². The van der Waals surface area contributed by atoms with Crippen molar-refractivity contribution in [2.24, 2.45) is 7.05 Å². The molecule has 1 aliphatic carbocycles. The first-order valence-corrected chi connectivity index (χ1v) is 9.81. The van der Waals surface area contributed by atoms with Gasteiger partial charge < -0.3 is 15.3 Å². The normalized spacial score (nSPS) is 20.5. The Morgan fingerprint density at radius 1 is 1.21 bits per heavy atom. The van der Waals surface area contributed by atoms with Crippen molar-refractivity contribution >= 4 is 22.6 Å². The number of benzene rings is 2. The lowest BCUT2D eigenvalue weighted by Gasteiger charge is -2.42. The van der Waals surface area contributed by atoms with E-state index in [0.717, 1.165) is 29.4 Å². The van der Waals surface area contributed by atoms with Crippen molar-refractivity contribution in [2.75, 3.05) is 18.4 Å². The van der Waals surface area contributed by atoms with Crippen molar-refractivity contribution in [1.82, 2.24) is 14.7 Å². The van der Waals surface area contributed by atoms with Crippen LogP contribution in [0.3, 0.4) is 0 Å². The molecule has 2 N–H and O–H groups in total. The predicted molar refractivity (Wildman–Crippen MR) is 108 cm³/mol. The van der Waals surface area contributed by atoms with E-state index in [0.29, 0.717) is 19.5 Å². The van der Waals surface area contributed by atoms with Crippen LogP contribution >= 0.6 is 0 Å². The third kappa shape index (κ3) is 2.59. The average Bonchev–Trinajstić information content (AvgIpc) is 3.20. The fourth-order valence-corrected chi connectivity index (χ4v) is 4.92. The summed E-state index contributed by atoms with van der Waals surface area (Å²) >= 11 is 0. The second-order valence-electron chi connectivity index (χ2n) is 7.99. The SMILES string of the molecule is Cn1ncc2cc(NC(=O)N3CCC4(CC3)c3ccccc3CC4O)ccc21. The molecule has 0 bridgehead atoms. The Kier molecular flexibility index (Phi) is 3.91. The molecule has 2 heterocycles. The standard InChI is InChI=1S/C22H24N4O2/c1-25-19-7-6-17(12-16(19)14-23-25)24-21(28)26-10-8-22(9-11-26)18-5-3-2-4-15(18)13-20(22)27/h2-7,12,14,20,27H,8-11,13H2,1H3,(H,24,28). The number of anilines is 1. The summed E-state index contributed by atoms with van der Waals surface area (Å²) in [4.78, 5) is 14.6. The van der Waals surface area contributed by atoms with Crippen molar-refractivity contribution in [2.45, 2.75) is 30.8 Å². The Labute approximate surface area is 163 Å². The number of nitrogens with zero attached hydrogens (tertiary/aromatic N) is 3. The van der Waals surface area contributed by atoms with E-state index < -0.39 is 0 Å². The lowest BCUT2D eigenvalue weighted by atomic mass is 9.72. The number of rotatable bonds is 1. The zero-order valence-electron chi connectivity index (χ0n) is 15.9. The first-order valence-electron chi connectivity index (χ1n) is 9.81. The summed E-state index contributed by atoms with van der Waals surface area (Å²) in [6, 6.07) is 14.1. The summed E-state index contributed by atoms with van der Waals surface area (Å²) in [5.74, 6) is 0. The molecule has 6 nitrogen and oxygen atoms in total. The van der Waals surface area contributed by atoms with Crippen LogP contribution in [-0.4, -0.2) is 45.0 Å². The van der Waals surface area contributed by atoms with Gasteiger partial charge in [-0.1, -0.05) is 24.3 Å². The number of carbonyl (C=O) groups is 1. The molecule has 3 aromatic rings. The van der Waals surface area contributed by atoms with E-state index in [9.17, 15) is 9.90 Å². The number of piperidine rings is 1. The maximum atomic E-state index is 12.8. The number of aromatic nitrogens is 2. The average molecular weight is 376 g/mol. The number of carbonyl (C=O) groups excluding carboxylic acids is 1. The molecule has 2 aromatic carbocycles. The Balaban J connectivity index is 1.29. The fraction of sp³-hybridized carbons (Fsp3) is 0.364. The summed E-state index contributed by atoms with van der Waals surface area (Å²) in [6.45, 7) is 1.29. The van der Waals surface area contributed by atoms with Crippen LogP contribution in [0.5, 0.6) is 0 Å². The molecule has 1 spiro atoms. The summed E-state index contributed by atoms with van der Waals surface area (Å²) in [5, 5.41) is 19.0. The van der Waals surface area contributed by atoms with Crippen molar-refractivity contribution in [3.05, 3.63) is 59.8 Å². The minimum Gasteiger partial charge on any atom is -0.392 e. The zero-order valence-corrected chi connectivity index (χ0v) is 15.9. The number of fused-ring (bicyclic) bond motifs is 3. The molecule has 28 heavy (non-hydrogen) atoms. The molecule has 2 amide bonds. The van der Waals surface area contributed by atoms with Crippen LogP contribution in [-0.2, 0) is 18.9 Å². The monoisotopic (exact) mass is 376 g/mol. The second kappa shape index (κ2) is 6.34. The third-order valence-corrected chi connectivity index (χ3v) is 6.55. The van der Waals surface area contributed by atoms with Crippen molar-refractivity contribution in [3.63, 3.8) is 0 Å². The van der Waals surface area contributed by atoms with Gasteiger partial charge >= 0.3 is 6.03 Å². The minimum absolute atomic E-state index is 0.0844. The van der Waals surface area contributed by atoms with E-state index in [1.165, 1.54) is 11.1 Å². The molecule has 1 aromatic heterocycles. The van der Waals surface area contributed by atoms with Gasteiger partial charge in [0.05, 0.1) is 17.8 Å². The van der Waals surface area contributed by atoms with Gasteiger partial charge in [0.2, 0.25) is 0 Å². The second-order valence-corrected chi connectivity index (χ2v) is 7.99. The number of urea groups is 1. The lowest BCUT2D eigenvalue weighted by Crippen LogP contribution is -2.50. The number of amides is 2. The van der Waals surface area contributed by atoms with Gasteiger partial charge in [0, 0.05) is 36.6 Å². The molecule has 1 fully saturated rings. The topological polar surface area (TPSA) is 70.4 Å². The summed E-state index contributed by atoms with van der Waals surface area (Å²) in [7, 11) is 1.90. The van der Waals surface area contributed by atoms with Crippen LogP contribution < -0.4 is 5.32 Å². The number of aliphatic hydroxyl groups excluding tert-OH is 1. The largest absolute Gasteiger partial charge is 0.392 e. The van der Waals surface area contributed by atoms with Gasteiger partial charge in [-0.2, -0.15) is 5.10 Å². The Hall–Kier alpha value is -2.86. The van der Waals surface area contributed by atoms with Gasteiger partial charge in [-0.05, 0) is 48.6 Å². The highest BCUT2D eigenvalue weighted by molar-refractivity contribution is 5.92. The van der Waals surface area contributed by atoms with E-state index >= 15 is 0 Å². The molecule has 144 valence electrons. The van der Waals surface area contributed by atoms with Crippen LogP contribution in [0, 0.1) is 0 Å². The van der Waals surface area contributed by atoms with E-state index in [1.54, 1.807) is 6.20 Å². The molecule has 6 heteroatoms. The van der Waals surface area contributed by atoms with Crippen molar-refractivity contribution in [1.29, 1.82) is 0 Å².